The second-order valence-corrected chi connectivity index (χ2v) is 12.2. The Morgan fingerprint density at radius 1 is 1.20 bits per heavy atom. The highest BCUT2D eigenvalue weighted by molar-refractivity contribution is 7.91. The fourth-order valence-corrected chi connectivity index (χ4v) is 7.15. The van der Waals surface area contributed by atoms with Crippen LogP contribution in [0.1, 0.15) is 37.3 Å². The Bertz CT molecular complexity index is 1390. The zero-order chi connectivity index (χ0) is 24.0. The molecule has 0 spiro atoms. The van der Waals surface area contributed by atoms with E-state index >= 15 is 0 Å². The van der Waals surface area contributed by atoms with Crippen LogP contribution in [0.3, 0.4) is 0 Å². The van der Waals surface area contributed by atoms with E-state index in [1.807, 2.05) is 7.05 Å². The number of hydrogen-bond donors (Lipinski definition) is 3. The number of aromatic nitrogens is 2. The largest absolute Gasteiger partial charge is 0.351 e. The van der Waals surface area contributed by atoms with E-state index in [9.17, 15) is 22.4 Å². The first-order chi connectivity index (χ1) is 16.2. The summed E-state index contributed by atoms with van der Waals surface area (Å²) in [4.78, 5) is 36.4. The standard InChI is InChI=1S/C22H24FN5O4S2.ClH/c1-28-6-4-16-19(10-28)33-22(27-16)21(30)26-18-11-34(31,32)7-5-15(18)25-20(29)17-9-12-8-13(23)2-3-14(12)24-17;/h2-3,8-9,15,18,24H,4-7,10-11H2,1H3,(H,25,29)(H,26,30);1H/t15-,18+;/m1./s1. The van der Waals surface area contributed by atoms with Gasteiger partial charge in [0.15, 0.2) is 14.8 Å². The van der Waals surface area contributed by atoms with Crippen molar-refractivity contribution in [3.63, 3.8) is 0 Å². The molecule has 2 amide bonds. The molecule has 1 fully saturated rings. The van der Waals surface area contributed by atoms with Crippen LogP contribution < -0.4 is 10.6 Å². The molecule has 2 aliphatic rings. The molecule has 1 saturated heterocycles. The Balaban J connectivity index is 0.00000289. The van der Waals surface area contributed by atoms with E-state index in [2.05, 4.69) is 25.5 Å². The fraction of sp³-hybridized carbons (Fsp3) is 0.409. The van der Waals surface area contributed by atoms with E-state index in [0.717, 1.165) is 30.1 Å². The van der Waals surface area contributed by atoms with Gasteiger partial charge in [-0.1, -0.05) is 0 Å². The van der Waals surface area contributed by atoms with E-state index in [1.54, 1.807) is 6.07 Å². The summed E-state index contributed by atoms with van der Waals surface area (Å²) >= 11 is 1.31. The highest BCUT2D eigenvalue weighted by atomic mass is 35.5. The van der Waals surface area contributed by atoms with Crippen molar-refractivity contribution in [1.82, 2.24) is 25.5 Å². The molecule has 3 N–H and O–H groups in total. The van der Waals surface area contributed by atoms with Gasteiger partial charge in [0, 0.05) is 35.3 Å². The van der Waals surface area contributed by atoms with Crippen LogP contribution in [0, 0.1) is 5.82 Å². The zero-order valence-corrected chi connectivity index (χ0v) is 21.3. The minimum atomic E-state index is -3.37. The summed E-state index contributed by atoms with van der Waals surface area (Å²) in [5.41, 5.74) is 1.75. The van der Waals surface area contributed by atoms with Crippen molar-refractivity contribution in [2.45, 2.75) is 31.5 Å². The molecule has 0 unspecified atom stereocenters. The number of fused-ring (bicyclic) bond motifs is 2. The average Bonchev–Trinajstić information content (AvgIpc) is 3.38. The number of carbonyl (C=O) groups is 2. The molecule has 0 saturated carbocycles. The molecule has 3 aromatic rings. The maximum atomic E-state index is 13.5. The molecular weight excluding hydrogens is 517 g/mol. The predicted molar refractivity (Wildman–Crippen MR) is 133 cm³/mol. The Labute approximate surface area is 211 Å². The van der Waals surface area contributed by atoms with E-state index in [1.165, 1.54) is 29.5 Å². The number of H-pyrrole nitrogens is 1. The molecule has 35 heavy (non-hydrogen) atoms. The number of likely N-dealkylation sites (N-methyl/N-ethyl adjacent to an activating group) is 1. The number of carbonyl (C=O) groups excluding carboxylic acids is 2. The van der Waals surface area contributed by atoms with Crippen molar-refractivity contribution in [1.29, 1.82) is 0 Å². The fourth-order valence-electron chi connectivity index (χ4n) is 4.42. The van der Waals surface area contributed by atoms with Crippen LogP contribution in [-0.2, 0) is 22.8 Å². The lowest BCUT2D eigenvalue weighted by atomic mass is 10.1. The SMILES string of the molecule is CN1CCc2nc(C(=O)N[C@H]3CS(=O)(=O)CC[C@H]3NC(=O)c3cc4cc(F)ccc4[nH]3)sc2C1.Cl. The summed E-state index contributed by atoms with van der Waals surface area (Å²) in [6, 6.07) is 4.34. The third-order valence-electron chi connectivity index (χ3n) is 6.24. The summed E-state index contributed by atoms with van der Waals surface area (Å²) in [6.45, 7) is 1.60. The molecule has 0 bridgehead atoms. The Morgan fingerprint density at radius 2 is 1.97 bits per heavy atom. The second kappa shape index (κ2) is 9.84. The molecule has 13 heteroatoms. The molecule has 9 nitrogen and oxygen atoms in total. The summed E-state index contributed by atoms with van der Waals surface area (Å²) in [7, 11) is -1.36. The van der Waals surface area contributed by atoms with Gasteiger partial charge < -0.3 is 20.5 Å². The Hall–Kier alpha value is -2.54. The highest BCUT2D eigenvalue weighted by Gasteiger charge is 2.36. The predicted octanol–water partition coefficient (Wildman–Crippen LogP) is 1.89. The van der Waals surface area contributed by atoms with Crippen LogP contribution in [0.25, 0.3) is 10.9 Å². The van der Waals surface area contributed by atoms with E-state index in [4.69, 9.17) is 0 Å². The van der Waals surface area contributed by atoms with E-state index in [-0.39, 0.29) is 36.0 Å². The lowest BCUT2D eigenvalue weighted by Gasteiger charge is -2.32. The van der Waals surface area contributed by atoms with Gasteiger partial charge in [-0.2, -0.15) is 0 Å². The first-order valence-electron chi connectivity index (χ1n) is 10.9. The van der Waals surface area contributed by atoms with Gasteiger partial charge in [-0.25, -0.2) is 17.8 Å². The normalized spacial score (nSPS) is 21.7. The number of nitrogens with zero attached hydrogens (tertiary/aromatic N) is 2. The van der Waals surface area contributed by atoms with Crippen LogP contribution in [0.2, 0.25) is 0 Å². The molecule has 5 rings (SSSR count). The minimum Gasteiger partial charge on any atom is -0.351 e. The number of rotatable bonds is 4. The number of benzene rings is 1. The van der Waals surface area contributed by atoms with Crippen molar-refractivity contribution in [3.05, 3.63) is 51.4 Å². The second-order valence-electron chi connectivity index (χ2n) is 8.85. The molecular formula is C22H25ClFN5O4S2. The first-order valence-corrected chi connectivity index (χ1v) is 13.6. The van der Waals surface area contributed by atoms with E-state index < -0.39 is 39.6 Å². The average molecular weight is 542 g/mol. The summed E-state index contributed by atoms with van der Waals surface area (Å²) in [5.74, 6) is -1.65. The lowest BCUT2D eigenvalue weighted by Crippen LogP contribution is -2.58. The van der Waals surface area contributed by atoms with Gasteiger partial charge in [0.25, 0.3) is 11.8 Å². The summed E-state index contributed by atoms with van der Waals surface area (Å²) < 4.78 is 38.1. The third-order valence-corrected chi connectivity index (χ3v) is 9.04. The number of hydrogen-bond acceptors (Lipinski definition) is 7. The van der Waals surface area contributed by atoms with Crippen molar-refractivity contribution < 1.29 is 22.4 Å². The van der Waals surface area contributed by atoms with Crippen molar-refractivity contribution in [2.24, 2.45) is 0 Å². The molecule has 2 aliphatic heterocycles. The molecule has 2 aromatic heterocycles. The highest BCUT2D eigenvalue weighted by Crippen LogP contribution is 2.25. The zero-order valence-electron chi connectivity index (χ0n) is 18.8. The lowest BCUT2D eigenvalue weighted by molar-refractivity contribution is 0.0882. The van der Waals surface area contributed by atoms with Gasteiger partial charge in [-0.05, 0) is 37.7 Å². The number of amides is 2. The van der Waals surface area contributed by atoms with Gasteiger partial charge in [0.1, 0.15) is 11.5 Å². The molecule has 188 valence electrons. The number of nitrogens with one attached hydrogen (secondary N) is 3. The number of sulfone groups is 1. The first kappa shape index (κ1) is 25.5. The van der Waals surface area contributed by atoms with Crippen molar-refractivity contribution >= 4 is 56.3 Å². The van der Waals surface area contributed by atoms with Crippen LogP contribution in [0.5, 0.6) is 0 Å². The maximum absolute atomic E-state index is 13.5. The maximum Gasteiger partial charge on any atom is 0.280 e. The summed E-state index contributed by atoms with van der Waals surface area (Å²) in [6.07, 6.45) is 0.938. The minimum absolute atomic E-state index is 0. The monoisotopic (exact) mass is 541 g/mol. The molecule has 1 aromatic carbocycles. The van der Waals surface area contributed by atoms with Crippen LogP contribution >= 0.6 is 23.7 Å². The number of halogens is 2. The number of aromatic amines is 1. The Morgan fingerprint density at radius 3 is 2.77 bits per heavy atom. The van der Waals surface area contributed by atoms with E-state index in [0.29, 0.717) is 15.9 Å². The topological polar surface area (TPSA) is 124 Å². The van der Waals surface area contributed by atoms with Gasteiger partial charge in [0.05, 0.1) is 29.3 Å². The van der Waals surface area contributed by atoms with Gasteiger partial charge >= 0.3 is 0 Å². The molecule has 0 aliphatic carbocycles. The third kappa shape index (κ3) is 5.50. The van der Waals surface area contributed by atoms with Crippen LogP contribution in [0.4, 0.5) is 4.39 Å². The van der Waals surface area contributed by atoms with Crippen LogP contribution in [0.15, 0.2) is 24.3 Å². The van der Waals surface area contributed by atoms with Gasteiger partial charge in [-0.15, -0.1) is 23.7 Å². The van der Waals surface area contributed by atoms with Crippen LogP contribution in [-0.4, -0.2) is 72.3 Å². The van der Waals surface area contributed by atoms with Crippen molar-refractivity contribution in [3.8, 4) is 0 Å². The molecule has 2 atom stereocenters. The summed E-state index contributed by atoms with van der Waals surface area (Å²) in [5, 5.41) is 6.49. The van der Waals surface area contributed by atoms with Gasteiger partial charge in [0.2, 0.25) is 0 Å². The Kier molecular flexibility index (Phi) is 7.18. The quantitative estimate of drug-likeness (QED) is 0.463. The molecule has 4 heterocycles. The molecule has 0 radical (unpaired) electrons. The number of thiazole rings is 1. The van der Waals surface area contributed by atoms with Crippen molar-refractivity contribution in [2.75, 3.05) is 25.1 Å². The van der Waals surface area contributed by atoms with Gasteiger partial charge in [-0.3, -0.25) is 9.59 Å². The smallest absolute Gasteiger partial charge is 0.280 e.